The summed E-state index contributed by atoms with van der Waals surface area (Å²) in [6.07, 6.45) is 10.9. The van der Waals surface area contributed by atoms with Crippen LogP contribution in [0, 0.1) is 12.1 Å². The molecule has 2 aliphatic rings. The molecule has 2 aliphatic carbocycles. The van der Waals surface area contributed by atoms with Crippen LogP contribution in [-0.4, -0.2) is 3.21 Å². The molecule has 0 bridgehead atoms. The van der Waals surface area contributed by atoms with Crippen molar-refractivity contribution in [3.05, 3.63) is 228 Å². The van der Waals surface area contributed by atoms with E-state index in [9.17, 15) is 0 Å². The van der Waals surface area contributed by atoms with E-state index < -0.39 is 0 Å². The van der Waals surface area contributed by atoms with Crippen molar-refractivity contribution >= 4 is 24.8 Å². The first kappa shape index (κ1) is 41.3. The molecule has 0 aromatic heterocycles. The van der Waals surface area contributed by atoms with Gasteiger partial charge in [0.2, 0.25) is 0 Å². The van der Waals surface area contributed by atoms with Gasteiger partial charge in [0.25, 0.3) is 0 Å². The van der Waals surface area contributed by atoms with Gasteiger partial charge in [-0.2, -0.15) is 6.08 Å². The molecule has 0 heterocycles. The molecule has 0 amide bonds. The van der Waals surface area contributed by atoms with Crippen LogP contribution >= 0.6 is 0 Å². The Balaban J connectivity index is 0.000000158. The zero-order chi connectivity index (χ0) is 41.9. The van der Waals surface area contributed by atoms with Crippen molar-refractivity contribution in [1.82, 2.24) is 0 Å². The molecular formula is C59H52Zr. The Bertz CT molecular complexity index is 2680. The molecule has 0 radical (unpaired) electrons. The average molecular weight is 852 g/mol. The van der Waals surface area contributed by atoms with Crippen molar-refractivity contribution in [1.29, 1.82) is 0 Å². The van der Waals surface area contributed by atoms with Gasteiger partial charge in [0, 0.05) is 0 Å². The maximum atomic E-state index is 3.88. The third kappa shape index (κ3) is 9.13. The summed E-state index contributed by atoms with van der Waals surface area (Å²) < 4.78 is 1.41. The zero-order valence-electron chi connectivity index (χ0n) is 35.7. The molecule has 0 aliphatic heterocycles. The van der Waals surface area contributed by atoms with E-state index in [-0.39, 0.29) is 10.8 Å². The van der Waals surface area contributed by atoms with Crippen LogP contribution in [0.15, 0.2) is 182 Å². The van der Waals surface area contributed by atoms with Crippen molar-refractivity contribution in [3.8, 4) is 33.4 Å². The van der Waals surface area contributed by atoms with Crippen LogP contribution in [0.4, 0.5) is 0 Å². The van der Waals surface area contributed by atoms with Crippen molar-refractivity contribution in [3.63, 3.8) is 0 Å². The van der Waals surface area contributed by atoms with Crippen LogP contribution in [-0.2, 0) is 41.5 Å². The molecule has 0 N–H and O–H groups in total. The Morgan fingerprint density at radius 1 is 0.500 bits per heavy atom. The maximum absolute atomic E-state index is 3.88. The van der Waals surface area contributed by atoms with Crippen molar-refractivity contribution < 1.29 is 24.2 Å². The quantitative estimate of drug-likeness (QED) is 0.155. The molecule has 292 valence electrons. The summed E-state index contributed by atoms with van der Waals surface area (Å²) in [5, 5.41) is 5.21. The molecule has 0 nitrogen and oxygen atoms in total. The van der Waals surface area contributed by atoms with Gasteiger partial charge in [0.15, 0.2) is 0 Å². The minimum absolute atomic E-state index is 0.0380. The monoisotopic (exact) mass is 850 g/mol. The predicted molar refractivity (Wildman–Crippen MR) is 254 cm³/mol. The van der Waals surface area contributed by atoms with Crippen molar-refractivity contribution in [2.24, 2.45) is 0 Å². The first-order valence-electron chi connectivity index (χ1n) is 21.1. The number of hydrogen-bond acceptors (Lipinski definition) is 0. The van der Waals surface area contributed by atoms with Crippen LogP contribution in [0.5, 0.6) is 0 Å². The van der Waals surface area contributed by atoms with E-state index >= 15 is 0 Å². The fourth-order valence-corrected chi connectivity index (χ4v) is 9.06. The Kier molecular flexibility index (Phi) is 12.1. The normalized spacial score (nSPS) is 12.7. The molecule has 0 saturated heterocycles. The van der Waals surface area contributed by atoms with Gasteiger partial charge in [0.1, 0.15) is 0 Å². The third-order valence-electron chi connectivity index (χ3n) is 11.5. The number of hydrogen-bond donors (Lipinski definition) is 0. The van der Waals surface area contributed by atoms with Crippen LogP contribution in [0.25, 0.3) is 54.9 Å². The fourth-order valence-electron chi connectivity index (χ4n) is 8.30. The molecule has 0 fully saturated rings. The Morgan fingerprint density at radius 2 is 1.02 bits per heavy atom. The van der Waals surface area contributed by atoms with E-state index in [0.29, 0.717) is 0 Å². The molecule has 8 aromatic rings. The Hall–Kier alpha value is -5.49. The molecular weight excluding hydrogens is 800 g/mol. The van der Waals surface area contributed by atoms with E-state index in [2.05, 4.69) is 224 Å². The first-order chi connectivity index (χ1) is 28.9. The molecule has 10 rings (SSSR count). The van der Waals surface area contributed by atoms with Gasteiger partial charge in [-0.25, -0.2) is 12.2 Å². The predicted octanol–water partition coefficient (Wildman–Crippen LogP) is 15.4. The second-order valence-corrected chi connectivity index (χ2v) is 19.1. The topological polar surface area (TPSA) is 0 Å². The summed E-state index contributed by atoms with van der Waals surface area (Å²) in [6.45, 7) is 13.9. The molecule has 0 spiro atoms. The Morgan fingerprint density at radius 3 is 1.52 bits per heavy atom. The third-order valence-corrected chi connectivity index (χ3v) is 12.9. The van der Waals surface area contributed by atoms with Crippen LogP contribution in [0.2, 0.25) is 0 Å². The first-order valence-corrected chi connectivity index (χ1v) is 22.3. The zero-order valence-corrected chi connectivity index (χ0v) is 38.2. The van der Waals surface area contributed by atoms with Gasteiger partial charge >= 0.3 is 145 Å². The number of benzene rings is 8. The summed E-state index contributed by atoms with van der Waals surface area (Å²) in [5.74, 6) is 0. The van der Waals surface area contributed by atoms with Gasteiger partial charge in [-0.1, -0.05) is 131 Å². The second-order valence-electron chi connectivity index (χ2n) is 17.9. The van der Waals surface area contributed by atoms with Gasteiger partial charge in [-0.3, -0.25) is 6.08 Å². The van der Waals surface area contributed by atoms with E-state index in [1.807, 2.05) is 12.2 Å². The molecule has 1 heteroatoms. The molecule has 8 aromatic carbocycles. The van der Waals surface area contributed by atoms with Gasteiger partial charge < -0.3 is 0 Å². The van der Waals surface area contributed by atoms with Crippen molar-refractivity contribution in [2.75, 3.05) is 0 Å². The van der Waals surface area contributed by atoms with Gasteiger partial charge in [-0.05, 0) is 39.5 Å². The summed E-state index contributed by atoms with van der Waals surface area (Å²) in [7, 11) is 0. The Labute approximate surface area is 372 Å². The number of fused-ring (bicyclic) bond motifs is 5. The van der Waals surface area contributed by atoms with E-state index in [4.69, 9.17) is 0 Å². The van der Waals surface area contributed by atoms with Crippen LogP contribution < -0.4 is 0 Å². The molecule has 0 unspecified atom stereocenters. The SMILES string of the molecule is CC(C)(C)c1cc2c([c-]c1-c1ccccc1)Cc1cc(-c3ccccc3)c(C(C)(C)C)cc1-2.[C-]1=CC=CC1.[Zr+2]=[C](c1ccc2ccccc2c1)c1ccc2ccccc2c1. The molecule has 60 heavy (non-hydrogen) atoms. The summed E-state index contributed by atoms with van der Waals surface area (Å²) in [6, 6.07) is 63.4. The van der Waals surface area contributed by atoms with E-state index in [1.54, 1.807) is 0 Å². The summed E-state index contributed by atoms with van der Waals surface area (Å²) in [5.41, 5.74) is 16.2. The number of allylic oxidation sites excluding steroid dienone is 4. The van der Waals surface area contributed by atoms with E-state index in [0.717, 1.165) is 12.8 Å². The van der Waals surface area contributed by atoms with Gasteiger partial charge in [-0.15, -0.1) is 35.2 Å². The molecule has 0 atom stereocenters. The number of rotatable bonds is 4. The van der Waals surface area contributed by atoms with E-state index in [1.165, 1.54) is 116 Å². The fraction of sp³-hybridized carbons (Fsp3) is 0.169. The second kappa shape index (κ2) is 17.6. The van der Waals surface area contributed by atoms with Crippen LogP contribution in [0.3, 0.4) is 0 Å². The van der Waals surface area contributed by atoms with Gasteiger partial charge in [0.05, 0.1) is 0 Å². The average Bonchev–Trinajstić information content (AvgIpc) is 3.97. The standard InChI is InChI=1S/C33H33.C21H14.C5H5.Zr/c1-32(2,3)30-20-26-24(18-28(30)22-13-9-7-10-14-22)17-25-19-29(23-15-11-8-12-16-23)31(21-27(25)26)33(4,5)6;1-3-7-20-14-16(9-11-18(20)5-1)13-17-10-12-19-6-2-4-8-21(19)15-17;1-2-4-5-3-1;/h7-16,18,20-21H,17H2,1-6H3;1-12,14-15H;1-3H,4H2;/q-1;;-1;+2. The summed E-state index contributed by atoms with van der Waals surface area (Å²) in [4.78, 5) is 0. The molecule has 0 saturated carbocycles. The minimum atomic E-state index is 0.0380. The van der Waals surface area contributed by atoms with Crippen molar-refractivity contribution in [2.45, 2.75) is 65.2 Å². The van der Waals surface area contributed by atoms with Crippen LogP contribution in [0.1, 0.15) is 81.3 Å². The summed E-state index contributed by atoms with van der Waals surface area (Å²) >= 11 is 1.44.